The van der Waals surface area contributed by atoms with E-state index in [4.69, 9.17) is 9.84 Å². The molecule has 0 aromatic rings. The van der Waals surface area contributed by atoms with E-state index in [1.807, 2.05) is 24.3 Å². The van der Waals surface area contributed by atoms with Gasteiger partial charge in [-0.15, -0.1) is 0 Å². The molecule has 2 atom stereocenters. The van der Waals surface area contributed by atoms with Crippen LogP contribution in [0.25, 0.3) is 0 Å². The molecular weight excluding hydrogens is 244 g/mol. The highest BCUT2D eigenvalue weighted by atomic mass is 16.5. The third-order valence-corrected chi connectivity index (χ3v) is 3.96. The molecular formula is C13H10N4O2. The Balaban J connectivity index is 2.53. The first-order valence-corrected chi connectivity index (χ1v) is 5.76. The van der Waals surface area contributed by atoms with Crippen LogP contribution in [-0.2, 0) is 4.74 Å². The van der Waals surface area contributed by atoms with E-state index in [-0.39, 0.29) is 13.2 Å². The lowest BCUT2D eigenvalue weighted by Gasteiger charge is -2.34. The number of allylic oxidation sites excluding steroid dienone is 2. The molecule has 2 unspecified atom stereocenters. The van der Waals surface area contributed by atoms with Gasteiger partial charge in [-0.05, 0) is 12.5 Å². The SMILES string of the molecule is N#CC1(C#N)C2C=C(OCCO)C(C2)C1(C#N)C#N. The van der Waals surface area contributed by atoms with Crippen LogP contribution in [0.4, 0.5) is 0 Å². The highest BCUT2D eigenvalue weighted by molar-refractivity contribution is 5.47. The zero-order valence-electron chi connectivity index (χ0n) is 10.00. The standard InChI is InChI=1S/C13H10N4O2/c14-5-12(6-15)9-3-10(13(12,7-16)8-17)11(4-9)19-2-1-18/h4,9-10,18H,1-3H2. The van der Waals surface area contributed by atoms with Gasteiger partial charge < -0.3 is 9.84 Å². The van der Waals surface area contributed by atoms with Gasteiger partial charge >= 0.3 is 0 Å². The molecule has 1 saturated carbocycles. The molecule has 2 bridgehead atoms. The van der Waals surface area contributed by atoms with Crippen LogP contribution in [0.5, 0.6) is 0 Å². The maximum Gasteiger partial charge on any atom is 0.185 e. The Morgan fingerprint density at radius 3 is 2.21 bits per heavy atom. The van der Waals surface area contributed by atoms with Crippen LogP contribution in [0.1, 0.15) is 6.42 Å². The molecule has 0 aromatic carbocycles. The number of aliphatic hydroxyl groups is 1. The molecule has 6 nitrogen and oxygen atoms in total. The summed E-state index contributed by atoms with van der Waals surface area (Å²) in [6, 6.07) is 7.48. The molecule has 94 valence electrons. The lowest BCUT2D eigenvalue weighted by molar-refractivity contribution is 0.104. The quantitative estimate of drug-likeness (QED) is 0.785. The summed E-state index contributed by atoms with van der Waals surface area (Å²) in [6.07, 6.45) is 2.02. The van der Waals surface area contributed by atoms with Crippen LogP contribution in [0.2, 0.25) is 0 Å². The molecule has 6 heteroatoms. The van der Waals surface area contributed by atoms with Gasteiger partial charge in [0.2, 0.25) is 0 Å². The van der Waals surface area contributed by atoms with Crippen molar-refractivity contribution in [3.05, 3.63) is 11.8 Å². The maximum absolute atomic E-state index is 9.37. The van der Waals surface area contributed by atoms with Crippen molar-refractivity contribution in [1.29, 1.82) is 21.0 Å². The van der Waals surface area contributed by atoms with E-state index in [0.717, 1.165) is 0 Å². The average Bonchev–Trinajstić information content (AvgIpc) is 2.98. The topological polar surface area (TPSA) is 125 Å². The minimum absolute atomic E-state index is 0.0636. The van der Waals surface area contributed by atoms with Gasteiger partial charge in [-0.2, -0.15) is 21.0 Å². The predicted molar refractivity (Wildman–Crippen MR) is 60.0 cm³/mol. The summed E-state index contributed by atoms with van der Waals surface area (Å²) in [5, 5.41) is 46.1. The summed E-state index contributed by atoms with van der Waals surface area (Å²) in [4.78, 5) is 0. The number of hydrogen-bond donors (Lipinski definition) is 1. The van der Waals surface area contributed by atoms with Crippen molar-refractivity contribution in [2.24, 2.45) is 22.7 Å². The Kier molecular flexibility index (Phi) is 2.91. The Morgan fingerprint density at radius 1 is 1.16 bits per heavy atom. The van der Waals surface area contributed by atoms with Gasteiger partial charge in [0.25, 0.3) is 0 Å². The third kappa shape index (κ3) is 1.30. The van der Waals surface area contributed by atoms with E-state index in [1.54, 1.807) is 6.08 Å². The monoisotopic (exact) mass is 254 g/mol. The molecule has 0 amide bonds. The van der Waals surface area contributed by atoms with Crippen LogP contribution in [0, 0.1) is 68.0 Å². The van der Waals surface area contributed by atoms with Crippen molar-refractivity contribution in [3.63, 3.8) is 0 Å². The molecule has 0 saturated heterocycles. The maximum atomic E-state index is 9.37. The highest BCUT2D eigenvalue weighted by Gasteiger charge is 2.72. The fraction of sp³-hybridized carbons (Fsp3) is 0.538. The number of nitriles is 4. The molecule has 1 fully saturated rings. The van der Waals surface area contributed by atoms with E-state index in [1.165, 1.54) is 0 Å². The first-order chi connectivity index (χ1) is 9.15. The summed E-state index contributed by atoms with van der Waals surface area (Å²) in [6.45, 7) is -0.115. The Morgan fingerprint density at radius 2 is 1.74 bits per heavy atom. The van der Waals surface area contributed by atoms with Crippen LogP contribution in [0.15, 0.2) is 11.8 Å². The summed E-state index contributed by atoms with van der Waals surface area (Å²) in [5.74, 6) is -0.637. The zero-order chi connectivity index (χ0) is 14.1. The second kappa shape index (κ2) is 4.29. The number of nitrogens with zero attached hydrogens (tertiary/aromatic N) is 4. The number of hydrogen-bond acceptors (Lipinski definition) is 6. The van der Waals surface area contributed by atoms with Crippen molar-refractivity contribution in [3.8, 4) is 24.3 Å². The largest absolute Gasteiger partial charge is 0.495 e. The summed E-state index contributed by atoms with van der Waals surface area (Å²) in [7, 11) is 0. The van der Waals surface area contributed by atoms with E-state index >= 15 is 0 Å². The molecule has 2 rings (SSSR count). The zero-order valence-corrected chi connectivity index (χ0v) is 10.00. The van der Waals surface area contributed by atoms with Gasteiger partial charge in [0, 0.05) is 5.92 Å². The Bertz CT molecular complexity index is 568. The summed E-state index contributed by atoms with van der Waals surface area (Å²) >= 11 is 0. The predicted octanol–water partition coefficient (Wildman–Crippen LogP) is 0.596. The fourth-order valence-electron chi connectivity index (χ4n) is 3.05. The van der Waals surface area contributed by atoms with Gasteiger partial charge in [-0.25, -0.2) is 0 Å². The number of fused-ring (bicyclic) bond motifs is 2. The average molecular weight is 254 g/mol. The fourth-order valence-corrected chi connectivity index (χ4v) is 3.05. The van der Waals surface area contributed by atoms with Crippen molar-refractivity contribution in [1.82, 2.24) is 0 Å². The van der Waals surface area contributed by atoms with E-state index < -0.39 is 22.7 Å². The molecule has 0 radical (unpaired) electrons. The first-order valence-electron chi connectivity index (χ1n) is 5.76. The van der Waals surface area contributed by atoms with Crippen LogP contribution in [-0.4, -0.2) is 18.3 Å². The van der Waals surface area contributed by atoms with Crippen LogP contribution >= 0.6 is 0 Å². The highest BCUT2D eigenvalue weighted by Crippen LogP contribution is 2.65. The number of rotatable bonds is 3. The lowest BCUT2D eigenvalue weighted by Crippen LogP contribution is -2.43. The van der Waals surface area contributed by atoms with Gasteiger partial charge in [0.15, 0.2) is 10.8 Å². The van der Waals surface area contributed by atoms with Crippen molar-refractivity contribution in [2.45, 2.75) is 6.42 Å². The molecule has 19 heavy (non-hydrogen) atoms. The Hall–Kier alpha value is -2.54. The molecule has 0 spiro atoms. The van der Waals surface area contributed by atoms with Crippen LogP contribution < -0.4 is 0 Å². The number of aliphatic hydroxyl groups excluding tert-OH is 1. The van der Waals surface area contributed by atoms with Crippen molar-refractivity contribution < 1.29 is 9.84 Å². The van der Waals surface area contributed by atoms with Gasteiger partial charge in [-0.3, -0.25) is 0 Å². The molecule has 1 N–H and O–H groups in total. The van der Waals surface area contributed by atoms with E-state index in [0.29, 0.717) is 12.2 Å². The van der Waals surface area contributed by atoms with Crippen molar-refractivity contribution >= 4 is 0 Å². The third-order valence-electron chi connectivity index (χ3n) is 3.96. The molecule has 2 aliphatic carbocycles. The summed E-state index contributed by atoms with van der Waals surface area (Å²) < 4.78 is 5.32. The minimum atomic E-state index is -1.71. The van der Waals surface area contributed by atoms with E-state index in [9.17, 15) is 21.0 Å². The Labute approximate surface area is 110 Å². The molecule has 0 aromatic heterocycles. The first kappa shape index (κ1) is 12.9. The smallest absolute Gasteiger partial charge is 0.185 e. The van der Waals surface area contributed by atoms with Gasteiger partial charge in [0.1, 0.15) is 6.61 Å². The molecule has 0 heterocycles. The molecule has 0 aliphatic heterocycles. The second-order valence-corrected chi connectivity index (χ2v) is 4.60. The molecule has 2 aliphatic rings. The second-order valence-electron chi connectivity index (χ2n) is 4.60. The van der Waals surface area contributed by atoms with Gasteiger partial charge in [-0.1, -0.05) is 0 Å². The normalized spacial score (nSPS) is 28.4. The lowest BCUT2D eigenvalue weighted by atomic mass is 9.60. The van der Waals surface area contributed by atoms with Gasteiger partial charge in [0.05, 0.1) is 42.6 Å². The van der Waals surface area contributed by atoms with Crippen molar-refractivity contribution in [2.75, 3.05) is 13.2 Å². The summed E-state index contributed by atoms with van der Waals surface area (Å²) in [5.41, 5.74) is -3.35. The van der Waals surface area contributed by atoms with E-state index in [2.05, 4.69) is 0 Å². The van der Waals surface area contributed by atoms with Crippen LogP contribution in [0.3, 0.4) is 0 Å². The number of ether oxygens (including phenoxy) is 1. The minimum Gasteiger partial charge on any atom is -0.495 e.